The lowest BCUT2D eigenvalue weighted by molar-refractivity contribution is -0.127. The highest BCUT2D eigenvalue weighted by Crippen LogP contribution is 2.22. The van der Waals surface area contributed by atoms with Gasteiger partial charge in [-0.2, -0.15) is 0 Å². The molecule has 0 fully saturated rings. The highest BCUT2D eigenvalue weighted by atomic mass is 16.5. The number of esters is 1. The number of imide groups is 1. The fourth-order valence-electron chi connectivity index (χ4n) is 2.18. The Morgan fingerprint density at radius 3 is 2.21 bits per heavy atom. The van der Waals surface area contributed by atoms with Gasteiger partial charge in [-0.1, -0.05) is 24.3 Å². The Morgan fingerprint density at radius 2 is 1.57 bits per heavy atom. The van der Waals surface area contributed by atoms with Crippen LogP contribution in [0.2, 0.25) is 0 Å². The van der Waals surface area contributed by atoms with Gasteiger partial charge in [-0.3, -0.25) is 10.1 Å². The second-order valence-electron chi connectivity index (χ2n) is 7.18. The molecule has 0 heterocycles. The largest absolute Gasteiger partial charge is 0.457 e. The molecular weight excluding hydrogens is 360 g/mol. The molecule has 148 valence electrons. The lowest BCUT2D eigenvalue weighted by Crippen LogP contribution is -2.50. The molecule has 28 heavy (non-hydrogen) atoms. The van der Waals surface area contributed by atoms with Crippen molar-refractivity contribution in [2.24, 2.45) is 0 Å². The summed E-state index contributed by atoms with van der Waals surface area (Å²) in [5, 5.41) is 4.74. The molecule has 0 aliphatic heterocycles. The standard InChI is InChI=1S/C21H24N2O5/c1-14(18(24)22-20(26)23-21(2,3)4)27-19(25)15-9-8-12-17(13-15)28-16-10-6-5-7-11-16/h5-14H,1-4H3,(H2,22,23,24,26)/t14-/m1/s1. The van der Waals surface area contributed by atoms with Gasteiger partial charge in [0.2, 0.25) is 0 Å². The van der Waals surface area contributed by atoms with E-state index in [1.165, 1.54) is 13.0 Å². The van der Waals surface area contributed by atoms with Gasteiger partial charge in [0.25, 0.3) is 5.91 Å². The van der Waals surface area contributed by atoms with Crippen LogP contribution < -0.4 is 15.4 Å². The first-order valence-electron chi connectivity index (χ1n) is 8.81. The molecule has 0 spiro atoms. The van der Waals surface area contributed by atoms with Gasteiger partial charge in [0.05, 0.1) is 5.56 Å². The van der Waals surface area contributed by atoms with E-state index in [2.05, 4.69) is 10.6 Å². The van der Waals surface area contributed by atoms with E-state index in [-0.39, 0.29) is 5.56 Å². The van der Waals surface area contributed by atoms with E-state index in [4.69, 9.17) is 9.47 Å². The lowest BCUT2D eigenvalue weighted by Gasteiger charge is -2.21. The average Bonchev–Trinajstić information content (AvgIpc) is 2.61. The minimum Gasteiger partial charge on any atom is -0.457 e. The summed E-state index contributed by atoms with van der Waals surface area (Å²) in [6.07, 6.45) is -1.14. The van der Waals surface area contributed by atoms with Crippen LogP contribution in [0.1, 0.15) is 38.1 Å². The Labute approximate surface area is 164 Å². The van der Waals surface area contributed by atoms with E-state index < -0.39 is 29.6 Å². The van der Waals surface area contributed by atoms with Crippen LogP contribution >= 0.6 is 0 Å². The predicted molar refractivity (Wildman–Crippen MR) is 104 cm³/mol. The molecule has 0 aliphatic rings. The Hall–Kier alpha value is -3.35. The maximum absolute atomic E-state index is 12.3. The molecule has 2 aromatic carbocycles. The monoisotopic (exact) mass is 384 g/mol. The number of urea groups is 1. The van der Waals surface area contributed by atoms with Crippen molar-refractivity contribution < 1.29 is 23.9 Å². The first-order valence-corrected chi connectivity index (χ1v) is 8.81. The zero-order chi connectivity index (χ0) is 20.7. The third-order valence-corrected chi connectivity index (χ3v) is 3.43. The van der Waals surface area contributed by atoms with Gasteiger partial charge in [0.1, 0.15) is 11.5 Å². The quantitative estimate of drug-likeness (QED) is 0.768. The highest BCUT2D eigenvalue weighted by Gasteiger charge is 2.22. The molecule has 0 bridgehead atoms. The van der Waals surface area contributed by atoms with E-state index in [0.717, 1.165) is 0 Å². The second kappa shape index (κ2) is 9.03. The number of hydrogen-bond donors (Lipinski definition) is 2. The molecule has 7 heteroatoms. The van der Waals surface area contributed by atoms with Crippen LogP contribution in [-0.2, 0) is 9.53 Å². The zero-order valence-corrected chi connectivity index (χ0v) is 16.3. The molecule has 1 atom stereocenters. The van der Waals surface area contributed by atoms with Crippen molar-refractivity contribution in [2.45, 2.75) is 39.3 Å². The third kappa shape index (κ3) is 6.75. The maximum Gasteiger partial charge on any atom is 0.339 e. The van der Waals surface area contributed by atoms with Gasteiger partial charge < -0.3 is 14.8 Å². The molecule has 2 N–H and O–H groups in total. The number of amides is 3. The third-order valence-electron chi connectivity index (χ3n) is 3.43. The molecule has 0 aromatic heterocycles. The smallest absolute Gasteiger partial charge is 0.339 e. The first-order chi connectivity index (χ1) is 13.1. The number of carbonyl (C=O) groups is 3. The average molecular weight is 384 g/mol. The molecule has 2 rings (SSSR count). The Balaban J connectivity index is 1.95. The topological polar surface area (TPSA) is 93.7 Å². The minimum absolute atomic E-state index is 0.229. The SMILES string of the molecule is C[C@@H](OC(=O)c1cccc(Oc2ccccc2)c1)C(=O)NC(=O)NC(C)(C)C. The summed E-state index contributed by atoms with van der Waals surface area (Å²) < 4.78 is 10.8. The number of hydrogen-bond acceptors (Lipinski definition) is 5. The minimum atomic E-state index is -1.14. The lowest BCUT2D eigenvalue weighted by atomic mass is 10.1. The van der Waals surface area contributed by atoms with E-state index in [9.17, 15) is 14.4 Å². The molecule has 0 saturated carbocycles. The fourth-order valence-corrected chi connectivity index (χ4v) is 2.18. The summed E-state index contributed by atoms with van der Waals surface area (Å²) in [5.74, 6) is -0.322. The highest BCUT2D eigenvalue weighted by molar-refractivity contribution is 5.98. The number of para-hydroxylation sites is 1. The van der Waals surface area contributed by atoms with E-state index >= 15 is 0 Å². The molecule has 2 aromatic rings. The van der Waals surface area contributed by atoms with Gasteiger partial charge in [0, 0.05) is 5.54 Å². The Morgan fingerprint density at radius 1 is 0.929 bits per heavy atom. The number of benzene rings is 2. The van der Waals surface area contributed by atoms with Gasteiger partial charge in [-0.25, -0.2) is 9.59 Å². The molecule has 3 amide bonds. The van der Waals surface area contributed by atoms with Crippen LogP contribution in [0.5, 0.6) is 11.5 Å². The number of carbonyl (C=O) groups excluding carboxylic acids is 3. The van der Waals surface area contributed by atoms with Crippen LogP contribution in [0.3, 0.4) is 0 Å². The van der Waals surface area contributed by atoms with E-state index in [1.807, 2.05) is 18.2 Å². The first kappa shape index (κ1) is 21.0. The van der Waals surface area contributed by atoms with Crippen LogP contribution in [0.15, 0.2) is 54.6 Å². The predicted octanol–water partition coefficient (Wildman–Crippen LogP) is 3.65. The Bertz CT molecular complexity index is 843. The molecule has 7 nitrogen and oxygen atoms in total. The molecular formula is C21H24N2O5. The maximum atomic E-state index is 12.3. The van der Waals surface area contributed by atoms with Gasteiger partial charge in [0.15, 0.2) is 6.10 Å². The zero-order valence-electron chi connectivity index (χ0n) is 16.3. The normalized spacial score (nSPS) is 11.9. The van der Waals surface area contributed by atoms with E-state index in [1.54, 1.807) is 51.1 Å². The van der Waals surface area contributed by atoms with Crippen molar-refractivity contribution in [1.29, 1.82) is 0 Å². The van der Waals surface area contributed by atoms with Crippen LogP contribution in [0.4, 0.5) is 4.79 Å². The van der Waals surface area contributed by atoms with Crippen molar-refractivity contribution in [1.82, 2.24) is 10.6 Å². The summed E-state index contributed by atoms with van der Waals surface area (Å²) in [6.45, 7) is 6.74. The number of nitrogens with one attached hydrogen (secondary N) is 2. The molecule has 0 saturated heterocycles. The summed E-state index contributed by atoms with van der Waals surface area (Å²) in [6, 6.07) is 14.9. The van der Waals surface area contributed by atoms with Crippen molar-refractivity contribution in [3.05, 3.63) is 60.2 Å². The van der Waals surface area contributed by atoms with Crippen molar-refractivity contribution in [3.63, 3.8) is 0 Å². The fraction of sp³-hybridized carbons (Fsp3) is 0.286. The number of rotatable bonds is 5. The van der Waals surface area contributed by atoms with E-state index in [0.29, 0.717) is 11.5 Å². The molecule has 0 unspecified atom stereocenters. The van der Waals surface area contributed by atoms with Gasteiger partial charge in [-0.15, -0.1) is 0 Å². The number of ether oxygens (including phenoxy) is 2. The van der Waals surface area contributed by atoms with Gasteiger partial charge >= 0.3 is 12.0 Å². The molecule has 0 aliphatic carbocycles. The van der Waals surface area contributed by atoms with Crippen molar-refractivity contribution in [2.75, 3.05) is 0 Å². The van der Waals surface area contributed by atoms with Crippen molar-refractivity contribution in [3.8, 4) is 11.5 Å². The second-order valence-corrected chi connectivity index (χ2v) is 7.18. The summed E-state index contributed by atoms with van der Waals surface area (Å²) >= 11 is 0. The van der Waals surface area contributed by atoms with Gasteiger partial charge in [-0.05, 0) is 58.0 Å². The molecule has 0 radical (unpaired) electrons. The van der Waals surface area contributed by atoms with Crippen molar-refractivity contribution >= 4 is 17.9 Å². The van der Waals surface area contributed by atoms with Crippen LogP contribution in [0.25, 0.3) is 0 Å². The Kier molecular flexibility index (Phi) is 6.76. The summed E-state index contributed by atoms with van der Waals surface area (Å²) in [7, 11) is 0. The van der Waals surface area contributed by atoms with Crippen LogP contribution in [-0.4, -0.2) is 29.6 Å². The summed E-state index contributed by atoms with van der Waals surface area (Å²) in [5.41, 5.74) is -0.268. The summed E-state index contributed by atoms with van der Waals surface area (Å²) in [4.78, 5) is 36.1. The van der Waals surface area contributed by atoms with Crippen LogP contribution in [0, 0.1) is 0 Å².